The van der Waals surface area contributed by atoms with Crippen molar-refractivity contribution in [2.24, 2.45) is 0 Å². The Hall–Kier alpha value is -4.79. The number of halogens is 1. The number of ether oxygens (including phenoxy) is 1. The molecule has 1 aliphatic rings. The molecule has 2 amide bonds. The number of pyridine rings is 1. The van der Waals surface area contributed by atoms with Gasteiger partial charge < -0.3 is 14.2 Å². The molecular weight excluding hydrogens is 547 g/mol. The maximum Gasteiger partial charge on any atom is 0.410 e. The lowest BCUT2D eigenvalue weighted by Gasteiger charge is -2.39. The zero-order chi connectivity index (χ0) is 30.3. The van der Waals surface area contributed by atoms with E-state index in [4.69, 9.17) is 9.26 Å². The maximum absolute atomic E-state index is 15.9. The first-order chi connectivity index (χ1) is 20.6. The van der Waals surface area contributed by atoms with Crippen molar-refractivity contribution < 1.29 is 23.2 Å². The third kappa shape index (κ3) is 5.55. The number of hydrogen-bond donors (Lipinski definition) is 0. The van der Waals surface area contributed by atoms with Crippen LogP contribution in [0.15, 0.2) is 77.4 Å². The number of aromatic nitrogens is 2. The van der Waals surface area contributed by atoms with Gasteiger partial charge in [-0.25, -0.2) is 14.2 Å². The highest BCUT2D eigenvalue weighted by atomic mass is 19.1. The van der Waals surface area contributed by atoms with E-state index in [0.717, 1.165) is 21.7 Å². The van der Waals surface area contributed by atoms with E-state index in [1.165, 1.54) is 12.1 Å². The maximum atomic E-state index is 15.9. The summed E-state index contributed by atoms with van der Waals surface area (Å²) in [6.45, 7) is 8.15. The quantitative estimate of drug-likeness (QED) is 0.218. The number of anilines is 1. The monoisotopic (exact) mass is 580 g/mol. The van der Waals surface area contributed by atoms with E-state index in [9.17, 15) is 9.59 Å². The standard InChI is InChI=1S/C34H33FN4O4/c1-21-9-7-10-22-16-17-36-31(29(21)22)39(24-11-8-18-38(20-24)33(41)42-34(2,3)4)32(40)25-15-14-23(19-27(25)35)30-26-12-5-6-13-28(26)37-43-30/h5-7,9-10,12-17,19,24H,8,11,18,20H2,1-4H3/t24-/m1/s1. The van der Waals surface area contributed by atoms with Gasteiger partial charge in [-0.1, -0.05) is 41.6 Å². The molecule has 1 atom stereocenters. The van der Waals surface area contributed by atoms with Gasteiger partial charge in [-0.05, 0) is 81.8 Å². The van der Waals surface area contributed by atoms with Gasteiger partial charge >= 0.3 is 6.09 Å². The van der Waals surface area contributed by atoms with Crippen LogP contribution in [0.1, 0.15) is 49.5 Å². The smallest absolute Gasteiger partial charge is 0.410 e. The number of carbonyl (C=O) groups is 2. The first kappa shape index (κ1) is 28.3. The first-order valence-corrected chi connectivity index (χ1v) is 14.4. The van der Waals surface area contributed by atoms with Crippen LogP contribution < -0.4 is 4.90 Å². The number of benzene rings is 3. The molecule has 8 nitrogen and oxygen atoms in total. The van der Waals surface area contributed by atoms with Crippen LogP contribution in [0.4, 0.5) is 15.0 Å². The summed E-state index contributed by atoms with van der Waals surface area (Å²) in [5, 5.41) is 6.54. The molecule has 1 saturated heterocycles. The average molecular weight is 581 g/mol. The largest absolute Gasteiger partial charge is 0.444 e. The molecule has 9 heteroatoms. The molecule has 0 saturated carbocycles. The number of rotatable bonds is 4. The van der Waals surface area contributed by atoms with E-state index in [1.807, 2.05) is 76.2 Å². The zero-order valence-electron chi connectivity index (χ0n) is 24.6. The predicted octanol–water partition coefficient (Wildman–Crippen LogP) is 7.54. The molecule has 0 radical (unpaired) electrons. The highest BCUT2D eigenvalue weighted by Crippen LogP contribution is 2.34. The molecule has 0 N–H and O–H groups in total. The molecule has 220 valence electrons. The number of fused-ring (bicyclic) bond motifs is 2. The van der Waals surface area contributed by atoms with Crippen LogP contribution >= 0.6 is 0 Å². The SMILES string of the molecule is Cc1cccc2ccnc(N(C(=O)c3ccc(-c4onc5ccccc45)cc3F)[C@@H]3CCCN(C(=O)OC(C)(C)C)C3)c12. The van der Waals surface area contributed by atoms with E-state index < -0.39 is 29.5 Å². The summed E-state index contributed by atoms with van der Waals surface area (Å²) < 4.78 is 27.1. The second kappa shape index (κ2) is 11.1. The summed E-state index contributed by atoms with van der Waals surface area (Å²) in [4.78, 5) is 35.3. The number of aryl methyl sites for hydroxylation is 1. The molecule has 1 fully saturated rings. The van der Waals surface area contributed by atoms with Gasteiger partial charge in [0.1, 0.15) is 22.8 Å². The molecule has 2 aromatic heterocycles. The van der Waals surface area contributed by atoms with Gasteiger partial charge in [-0.3, -0.25) is 9.69 Å². The molecule has 0 bridgehead atoms. The van der Waals surface area contributed by atoms with E-state index in [0.29, 0.717) is 42.0 Å². The lowest BCUT2D eigenvalue weighted by atomic mass is 9.99. The third-order valence-electron chi connectivity index (χ3n) is 7.69. The number of piperidine rings is 1. The Balaban J connectivity index is 1.41. The minimum atomic E-state index is -0.690. The van der Waals surface area contributed by atoms with E-state index >= 15 is 4.39 Å². The van der Waals surface area contributed by atoms with Gasteiger partial charge in [0.2, 0.25) is 0 Å². The summed E-state index contributed by atoms with van der Waals surface area (Å²) in [7, 11) is 0. The normalized spacial score (nSPS) is 15.6. The number of amides is 2. The molecule has 3 heterocycles. The van der Waals surface area contributed by atoms with Crippen molar-refractivity contribution in [2.45, 2.75) is 52.2 Å². The Kier molecular flexibility index (Phi) is 7.33. The topological polar surface area (TPSA) is 88.8 Å². The van der Waals surface area contributed by atoms with Crippen LogP contribution in [0.25, 0.3) is 33.0 Å². The summed E-state index contributed by atoms with van der Waals surface area (Å²) in [5.41, 5.74) is 1.31. The lowest BCUT2D eigenvalue weighted by molar-refractivity contribution is 0.0196. The number of nitrogens with zero attached hydrogens (tertiary/aromatic N) is 4. The fourth-order valence-electron chi connectivity index (χ4n) is 5.72. The second-order valence-electron chi connectivity index (χ2n) is 11.9. The Bertz CT molecular complexity index is 1840. The molecule has 0 aliphatic carbocycles. The fraction of sp³-hybridized carbons (Fsp3) is 0.294. The number of carbonyl (C=O) groups excluding carboxylic acids is 2. The van der Waals surface area contributed by atoms with Gasteiger partial charge in [0.25, 0.3) is 5.91 Å². The van der Waals surface area contributed by atoms with Crippen molar-refractivity contribution in [1.29, 1.82) is 0 Å². The molecule has 43 heavy (non-hydrogen) atoms. The van der Waals surface area contributed by atoms with Gasteiger partial charge in [0, 0.05) is 35.6 Å². The Morgan fingerprint density at radius 3 is 2.67 bits per heavy atom. The Morgan fingerprint density at radius 1 is 1.07 bits per heavy atom. The van der Waals surface area contributed by atoms with Crippen LogP contribution in [0.5, 0.6) is 0 Å². The van der Waals surface area contributed by atoms with Crippen molar-refractivity contribution in [2.75, 3.05) is 18.0 Å². The van der Waals surface area contributed by atoms with Gasteiger partial charge in [-0.2, -0.15) is 0 Å². The van der Waals surface area contributed by atoms with Crippen molar-refractivity contribution in [3.8, 4) is 11.3 Å². The molecular formula is C34H33FN4O4. The van der Waals surface area contributed by atoms with E-state index in [-0.39, 0.29) is 12.1 Å². The molecule has 0 unspecified atom stereocenters. The fourth-order valence-corrected chi connectivity index (χ4v) is 5.72. The third-order valence-corrected chi connectivity index (χ3v) is 7.69. The summed E-state index contributed by atoms with van der Waals surface area (Å²) in [5.74, 6) is -0.367. The van der Waals surface area contributed by atoms with Gasteiger partial charge in [0.15, 0.2) is 5.76 Å². The lowest BCUT2D eigenvalue weighted by Crippen LogP contribution is -2.53. The Morgan fingerprint density at radius 2 is 1.88 bits per heavy atom. The first-order valence-electron chi connectivity index (χ1n) is 14.4. The van der Waals surface area contributed by atoms with Crippen LogP contribution in [0.3, 0.4) is 0 Å². The van der Waals surface area contributed by atoms with Crippen LogP contribution in [-0.4, -0.2) is 51.8 Å². The average Bonchev–Trinajstić information content (AvgIpc) is 3.41. The van der Waals surface area contributed by atoms with Crippen LogP contribution in [-0.2, 0) is 4.74 Å². The molecule has 3 aromatic carbocycles. The van der Waals surface area contributed by atoms with Gasteiger partial charge in [-0.15, -0.1) is 0 Å². The predicted molar refractivity (Wildman–Crippen MR) is 164 cm³/mol. The van der Waals surface area contributed by atoms with Crippen molar-refractivity contribution >= 4 is 39.5 Å². The van der Waals surface area contributed by atoms with Gasteiger partial charge in [0.05, 0.1) is 11.6 Å². The molecule has 6 rings (SSSR count). The summed E-state index contributed by atoms with van der Waals surface area (Å²) in [6.07, 6.45) is 2.47. The molecule has 1 aliphatic heterocycles. The zero-order valence-corrected chi connectivity index (χ0v) is 24.6. The summed E-state index contributed by atoms with van der Waals surface area (Å²) in [6, 6.07) is 19.1. The number of hydrogen-bond acceptors (Lipinski definition) is 6. The van der Waals surface area contributed by atoms with E-state index in [2.05, 4.69) is 10.1 Å². The van der Waals surface area contributed by atoms with E-state index in [1.54, 1.807) is 22.1 Å². The van der Waals surface area contributed by atoms with Crippen molar-refractivity contribution in [3.63, 3.8) is 0 Å². The number of likely N-dealkylation sites (tertiary alicyclic amines) is 1. The highest BCUT2D eigenvalue weighted by molar-refractivity contribution is 6.11. The molecule has 0 spiro atoms. The van der Waals surface area contributed by atoms with Crippen molar-refractivity contribution in [1.82, 2.24) is 15.0 Å². The minimum absolute atomic E-state index is 0.102. The second-order valence-corrected chi connectivity index (χ2v) is 11.9. The van der Waals surface area contributed by atoms with Crippen LogP contribution in [0.2, 0.25) is 0 Å². The molecule has 5 aromatic rings. The van der Waals surface area contributed by atoms with Crippen LogP contribution in [0, 0.1) is 12.7 Å². The van der Waals surface area contributed by atoms with Crippen molar-refractivity contribution in [3.05, 3.63) is 89.9 Å². The summed E-state index contributed by atoms with van der Waals surface area (Å²) >= 11 is 0. The Labute approximate surface area is 249 Å². The highest BCUT2D eigenvalue weighted by Gasteiger charge is 2.36. The minimum Gasteiger partial charge on any atom is -0.444 e.